The molecule has 0 atom stereocenters. The number of rotatable bonds is 4. The molecule has 26 heavy (non-hydrogen) atoms. The fourth-order valence-electron chi connectivity index (χ4n) is 3.03. The minimum Gasteiger partial charge on any atom is -0.497 e. The molecule has 0 N–H and O–H groups in total. The third-order valence-corrected chi connectivity index (χ3v) is 4.51. The van der Waals surface area contributed by atoms with Gasteiger partial charge in [0, 0.05) is 31.7 Å². The first kappa shape index (κ1) is 17.8. The van der Waals surface area contributed by atoms with E-state index in [0.29, 0.717) is 48.8 Å². The molecule has 0 aliphatic carbocycles. The van der Waals surface area contributed by atoms with Crippen molar-refractivity contribution in [1.82, 2.24) is 9.80 Å². The van der Waals surface area contributed by atoms with Crippen LogP contribution in [0.1, 0.15) is 20.7 Å². The summed E-state index contributed by atoms with van der Waals surface area (Å²) < 4.78 is 10.5. The van der Waals surface area contributed by atoms with Crippen LogP contribution < -0.4 is 9.47 Å². The number of benzene rings is 2. The van der Waals surface area contributed by atoms with Gasteiger partial charge in [-0.3, -0.25) is 9.59 Å². The van der Waals surface area contributed by atoms with E-state index in [-0.39, 0.29) is 11.8 Å². The van der Waals surface area contributed by atoms with Gasteiger partial charge < -0.3 is 19.3 Å². The number of carbonyl (C=O) groups excluding carboxylic acids is 2. The highest BCUT2D eigenvalue weighted by Gasteiger charge is 2.27. The van der Waals surface area contributed by atoms with E-state index < -0.39 is 0 Å². The Morgan fingerprint density at radius 3 is 2.00 bits per heavy atom. The summed E-state index contributed by atoms with van der Waals surface area (Å²) in [6.07, 6.45) is 0. The summed E-state index contributed by atoms with van der Waals surface area (Å²) in [4.78, 5) is 28.9. The molecule has 0 bridgehead atoms. The molecule has 136 valence electrons. The van der Waals surface area contributed by atoms with E-state index >= 15 is 0 Å². The molecule has 0 aromatic heterocycles. The van der Waals surface area contributed by atoms with Crippen LogP contribution in [0, 0.1) is 0 Å². The SMILES string of the molecule is COc1ccc(OC)c(C(=O)N2CCN(C(=O)c3ccccc3)CC2)c1. The van der Waals surface area contributed by atoms with Gasteiger partial charge in [-0.05, 0) is 30.3 Å². The van der Waals surface area contributed by atoms with Gasteiger partial charge in [0.05, 0.1) is 19.8 Å². The van der Waals surface area contributed by atoms with E-state index in [1.807, 2.05) is 18.2 Å². The number of nitrogens with zero attached hydrogens (tertiary/aromatic N) is 2. The van der Waals surface area contributed by atoms with Crippen molar-refractivity contribution in [3.05, 3.63) is 59.7 Å². The summed E-state index contributed by atoms with van der Waals surface area (Å²) in [7, 11) is 3.10. The van der Waals surface area contributed by atoms with E-state index in [1.165, 1.54) is 7.11 Å². The maximum absolute atomic E-state index is 12.9. The van der Waals surface area contributed by atoms with Gasteiger partial charge in [0.25, 0.3) is 11.8 Å². The van der Waals surface area contributed by atoms with Crippen molar-refractivity contribution in [3.8, 4) is 11.5 Å². The second-order valence-electron chi connectivity index (χ2n) is 6.02. The third-order valence-electron chi connectivity index (χ3n) is 4.51. The van der Waals surface area contributed by atoms with Crippen molar-refractivity contribution >= 4 is 11.8 Å². The van der Waals surface area contributed by atoms with Gasteiger partial charge >= 0.3 is 0 Å². The van der Waals surface area contributed by atoms with Crippen LogP contribution in [0.4, 0.5) is 0 Å². The molecule has 3 rings (SSSR count). The zero-order valence-electron chi connectivity index (χ0n) is 15.0. The van der Waals surface area contributed by atoms with Gasteiger partial charge in [0.1, 0.15) is 11.5 Å². The van der Waals surface area contributed by atoms with E-state index in [9.17, 15) is 9.59 Å². The van der Waals surface area contributed by atoms with Gasteiger partial charge in [-0.15, -0.1) is 0 Å². The first-order chi connectivity index (χ1) is 12.6. The molecule has 0 unspecified atom stereocenters. The van der Waals surface area contributed by atoms with Crippen molar-refractivity contribution in [2.75, 3.05) is 40.4 Å². The second-order valence-corrected chi connectivity index (χ2v) is 6.02. The zero-order chi connectivity index (χ0) is 18.5. The van der Waals surface area contributed by atoms with E-state index in [1.54, 1.807) is 47.2 Å². The third kappa shape index (κ3) is 3.64. The largest absolute Gasteiger partial charge is 0.497 e. The van der Waals surface area contributed by atoms with Gasteiger partial charge in [0.2, 0.25) is 0 Å². The van der Waals surface area contributed by atoms with Crippen molar-refractivity contribution in [1.29, 1.82) is 0 Å². The molecule has 0 saturated carbocycles. The summed E-state index contributed by atoms with van der Waals surface area (Å²) in [5, 5.41) is 0. The Morgan fingerprint density at radius 1 is 0.808 bits per heavy atom. The van der Waals surface area contributed by atoms with Gasteiger partial charge in [0.15, 0.2) is 0 Å². The maximum atomic E-state index is 12.9. The highest BCUT2D eigenvalue weighted by molar-refractivity contribution is 5.98. The van der Waals surface area contributed by atoms with Crippen LogP contribution in [0.3, 0.4) is 0 Å². The molecule has 2 aromatic rings. The lowest BCUT2D eigenvalue weighted by Crippen LogP contribution is -2.50. The van der Waals surface area contributed by atoms with Crippen LogP contribution in [0.2, 0.25) is 0 Å². The maximum Gasteiger partial charge on any atom is 0.257 e. The molecule has 1 heterocycles. The average Bonchev–Trinajstić information content (AvgIpc) is 2.73. The Labute approximate surface area is 152 Å². The number of hydrogen-bond donors (Lipinski definition) is 0. The zero-order valence-corrected chi connectivity index (χ0v) is 15.0. The summed E-state index contributed by atoms with van der Waals surface area (Å²) in [6.45, 7) is 1.98. The van der Waals surface area contributed by atoms with Crippen LogP contribution >= 0.6 is 0 Å². The fourth-order valence-corrected chi connectivity index (χ4v) is 3.03. The van der Waals surface area contributed by atoms with Crippen LogP contribution in [-0.2, 0) is 0 Å². The molecule has 0 spiro atoms. The lowest BCUT2D eigenvalue weighted by Gasteiger charge is -2.35. The summed E-state index contributed by atoms with van der Waals surface area (Å²) >= 11 is 0. The number of carbonyl (C=O) groups is 2. The number of hydrogen-bond acceptors (Lipinski definition) is 4. The molecule has 6 heteroatoms. The molecule has 1 aliphatic rings. The number of methoxy groups -OCH3 is 2. The van der Waals surface area contributed by atoms with Gasteiger partial charge in [-0.2, -0.15) is 0 Å². The molecule has 1 aliphatic heterocycles. The minimum atomic E-state index is -0.118. The topological polar surface area (TPSA) is 59.1 Å². The van der Waals surface area contributed by atoms with Crippen molar-refractivity contribution in [2.24, 2.45) is 0 Å². The summed E-state index contributed by atoms with van der Waals surface area (Å²) in [5.41, 5.74) is 1.14. The smallest absolute Gasteiger partial charge is 0.257 e. The molecule has 2 amide bonds. The molecular formula is C20H22N2O4. The molecule has 1 saturated heterocycles. The van der Waals surface area contributed by atoms with Gasteiger partial charge in [-0.1, -0.05) is 18.2 Å². The first-order valence-corrected chi connectivity index (χ1v) is 8.49. The second kappa shape index (κ2) is 7.91. The molecule has 6 nitrogen and oxygen atoms in total. The Kier molecular flexibility index (Phi) is 5.41. The Balaban J connectivity index is 1.68. The summed E-state index contributed by atoms with van der Waals surface area (Å²) in [5.74, 6) is 0.995. The lowest BCUT2D eigenvalue weighted by atomic mass is 10.1. The Hall–Kier alpha value is -3.02. The average molecular weight is 354 g/mol. The number of amides is 2. The predicted molar refractivity (Wildman–Crippen MR) is 97.8 cm³/mol. The normalized spacial score (nSPS) is 14.1. The first-order valence-electron chi connectivity index (χ1n) is 8.49. The van der Waals surface area contributed by atoms with Crippen molar-refractivity contribution in [2.45, 2.75) is 0 Å². The summed E-state index contributed by atoms with van der Waals surface area (Å²) in [6, 6.07) is 14.4. The predicted octanol–water partition coefficient (Wildman–Crippen LogP) is 2.30. The number of ether oxygens (including phenoxy) is 2. The number of piperazine rings is 1. The fraction of sp³-hybridized carbons (Fsp3) is 0.300. The quantitative estimate of drug-likeness (QED) is 0.845. The standard InChI is InChI=1S/C20H22N2O4/c1-25-16-8-9-18(26-2)17(14-16)20(24)22-12-10-21(11-13-22)19(23)15-6-4-3-5-7-15/h3-9,14H,10-13H2,1-2H3. The minimum absolute atomic E-state index is 0.00309. The molecule has 0 radical (unpaired) electrons. The monoisotopic (exact) mass is 354 g/mol. The molecular weight excluding hydrogens is 332 g/mol. The van der Waals surface area contributed by atoms with Crippen molar-refractivity contribution < 1.29 is 19.1 Å². The Morgan fingerprint density at radius 2 is 1.42 bits per heavy atom. The van der Waals surface area contributed by atoms with E-state index in [4.69, 9.17) is 9.47 Å². The highest BCUT2D eigenvalue weighted by Crippen LogP contribution is 2.25. The lowest BCUT2D eigenvalue weighted by molar-refractivity contribution is 0.0533. The Bertz CT molecular complexity index is 784. The molecule has 1 fully saturated rings. The van der Waals surface area contributed by atoms with E-state index in [2.05, 4.69) is 0 Å². The van der Waals surface area contributed by atoms with Crippen LogP contribution in [0.5, 0.6) is 11.5 Å². The van der Waals surface area contributed by atoms with Crippen LogP contribution in [0.15, 0.2) is 48.5 Å². The van der Waals surface area contributed by atoms with Crippen LogP contribution in [-0.4, -0.2) is 62.0 Å². The van der Waals surface area contributed by atoms with E-state index in [0.717, 1.165) is 0 Å². The van der Waals surface area contributed by atoms with Gasteiger partial charge in [-0.25, -0.2) is 0 Å². The van der Waals surface area contributed by atoms with Crippen molar-refractivity contribution in [3.63, 3.8) is 0 Å². The highest BCUT2D eigenvalue weighted by atomic mass is 16.5. The molecule has 2 aromatic carbocycles. The van der Waals surface area contributed by atoms with Crippen LogP contribution in [0.25, 0.3) is 0 Å².